The molecule has 0 saturated heterocycles. The largest absolute Gasteiger partial charge is 0.462 e. The number of rotatable bonds is 0. The van der Waals surface area contributed by atoms with Crippen molar-refractivity contribution in [1.82, 2.24) is 0 Å². The van der Waals surface area contributed by atoms with Gasteiger partial charge in [0.25, 0.3) is 0 Å². The van der Waals surface area contributed by atoms with Gasteiger partial charge in [-0.15, -0.1) is 0 Å². The lowest BCUT2D eigenvalue weighted by Crippen LogP contribution is -2.20. The number of cyclic esters (lactones) is 1. The molecule has 1 aliphatic rings. The van der Waals surface area contributed by atoms with Gasteiger partial charge in [-0.3, -0.25) is 0 Å². The highest BCUT2D eigenvalue weighted by molar-refractivity contribution is 9.10. The molecule has 1 aliphatic heterocycles. The Bertz CT molecular complexity index is 418. The summed E-state index contributed by atoms with van der Waals surface area (Å²) >= 11 is 3.00. The fourth-order valence-corrected chi connectivity index (χ4v) is 2.02. The second-order valence-corrected chi connectivity index (χ2v) is 3.75. The zero-order chi connectivity index (χ0) is 10.3. The fourth-order valence-electron chi connectivity index (χ4n) is 1.42. The maximum Gasteiger partial charge on any atom is 0.339 e. The molecule has 0 spiro atoms. The van der Waals surface area contributed by atoms with Crippen molar-refractivity contribution in [1.29, 1.82) is 0 Å². The molecule has 5 heteroatoms. The van der Waals surface area contributed by atoms with Gasteiger partial charge in [0.1, 0.15) is 0 Å². The van der Waals surface area contributed by atoms with Gasteiger partial charge in [-0.25, -0.2) is 13.6 Å². The van der Waals surface area contributed by atoms with Gasteiger partial charge in [0.15, 0.2) is 11.6 Å². The monoisotopic (exact) mass is 262 g/mol. The van der Waals surface area contributed by atoms with Crippen LogP contribution in [0.15, 0.2) is 10.5 Å². The Morgan fingerprint density at radius 1 is 1.43 bits per heavy atom. The minimum atomic E-state index is -0.958. The number of carbonyl (C=O) groups excluding carboxylic acids is 1. The summed E-state index contributed by atoms with van der Waals surface area (Å²) in [4.78, 5) is 11.2. The summed E-state index contributed by atoms with van der Waals surface area (Å²) in [5.41, 5.74) is 0.184. The van der Waals surface area contributed by atoms with Crippen molar-refractivity contribution >= 4 is 21.9 Å². The predicted molar refractivity (Wildman–Crippen MR) is 48.0 cm³/mol. The molecule has 2 nitrogen and oxygen atoms in total. The van der Waals surface area contributed by atoms with E-state index < -0.39 is 17.6 Å². The van der Waals surface area contributed by atoms with Crippen LogP contribution in [-0.4, -0.2) is 12.6 Å². The van der Waals surface area contributed by atoms with E-state index in [2.05, 4.69) is 15.9 Å². The molecule has 0 unspecified atom stereocenters. The molecule has 14 heavy (non-hydrogen) atoms. The van der Waals surface area contributed by atoms with E-state index in [1.807, 2.05) is 0 Å². The summed E-state index contributed by atoms with van der Waals surface area (Å²) in [6.45, 7) is 0.0959. The Morgan fingerprint density at radius 2 is 2.14 bits per heavy atom. The van der Waals surface area contributed by atoms with E-state index in [0.717, 1.165) is 6.07 Å². The molecule has 0 N–H and O–H groups in total. The topological polar surface area (TPSA) is 26.3 Å². The summed E-state index contributed by atoms with van der Waals surface area (Å²) in [7, 11) is 0. The van der Waals surface area contributed by atoms with Crippen molar-refractivity contribution in [2.75, 3.05) is 6.61 Å². The molecule has 0 amide bonds. The number of hydrogen-bond acceptors (Lipinski definition) is 2. The minimum Gasteiger partial charge on any atom is -0.462 e. The van der Waals surface area contributed by atoms with E-state index in [9.17, 15) is 13.6 Å². The summed E-state index contributed by atoms with van der Waals surface area (Å²) in [5.74, 6) is -2.53. The summed E-state index contributed by atoms with van der Waals surface area (Å²) in [6, 6.07) is 0.931. The standard InChI is InChI=1S/C9H5BrF2O2/c10-5-3-6(11)8(12)4-1-2-14-9(13)7(4)5/h3H,1-2H2. The Hall–Kier alpha value is -0.970. The highest BCUT2D eigenvalue weighted by Crippen LogP contribution is 2.29. The lowest BCUT2D eigenvalue weighted by atomic mass is 10.0. The van der Waals surface area contributed by atoms with Crippen LogP contribution < -0.4 is 0 Å². The van der Waals surface area contributed by atoms with Crippen molar-refractivity contribution in [2.45, 2.75) is 6.42 Å². The normalized spacial score (nSPS) is 14.9. The van der Waals surface area contributed by atoms with Gasteiger partial charge in [0, 0.05) is 16.5 Å². The van der Waals surface area contributed by atoms with Crippen LogP contribution in [0.4, 0.5) is 8.78 Å². The second kappa shape index (κ2) is 3.31. The third-order valence-corrected chi connectivity index (χ3v) is 2.68. The van der Waals surface area contributed by atoms with Crippen LogP contribution in [0.5, 0.6) is 0 Å². The summed E-state index contributed by atoms with van der Waals surface area (Å²) in [6.07, 6.45) is 0.212. The van der Waals surface area contributed by atoms with Gasteiger partial charge in [0.2, 0.25) is 0 Å². The van der Waals surface area contributed by atoms with Crippen LogP contribution in [-0.2, 0) is 11.2 Å². The molecular weight excluding hydrogens is 258 g/mol. The highest BCUT2D eigenvalue weighted by atomic mass is 79.9. The first-order chi connectivity index (χ1) is 6.61. The third-order valence-electron chi connectivity index (χ3n) is 2.06. The average Bonchev–Trinajstić information content (AvgIpc) is 2.14. The van der Waals surface area contributed by atoms with Crippen LogP contribution in [0.3, 0.4) is 0 Å². The maximum atomic E-state index is 13.2. The number of ether oxygens (including phenoxy) is 1. The first-order valence-electron chi connectivity index (χ1n) is 3.94. The fraction of sp³-hybridized carbons (Fsp3) is 0.222. The molecule has 0 bridgehead atoms. The molecule has 2 rings (SSSR count). The first kappa shape index (κ1) is 9.58. The first-order valence-corrected chi connectivity index (χ1v) is 4.74. The zero-order valence-electron chi connectivity index (χ0n) is 6.94. The van der Waals surface area contributed by atoms with E-state index in [4.69, 9.17) is 4.74 Å². The number of esters is 1. The molecule has 1 aromatic rings. The van der Waals surface area contributed by atoms with Crippen LogP contribution >= 0.6 is 15.9 Å². The van der Waals surface area contributed by atoms with Crippen molar-refractivity contribution < 1.29 is 18.3 Å². The van der Waals surface area contributed by atoms with Gasteiger partial charge in [0.05, 0.1) is 12.2 Å². The average molecular weight is 263 g/mol. The van der Waals surface area contributed by atoms with Crippen LogP contribution in [0.2, 0.25) is 0 Å². The molecule has 1 heterocycles. The van der Waals surface area contributed by atoms with Crippen molar-refractivity contribution in [2.24, 2.45) is 0 Å². The summed E-state index contributed by atoms with van der Waals surface area (Å²) in [5, 5.41) is 0. The Labute approximate surface area is 87.0 Å². The molecule has 0 aliphatic carbocycles. The second-order valence-electron chi connectivity index (χ2n) is 2.89. The molecule has 0 radical (unpaired) electrons. The third kappa shape index (κ3) is 1.32. The van der Waals surface area contributed by atoms with Crippen LogP contribution in [0.25, 0.3) is 0 Å². The zero-order valence-corrected chi connectivity index (χ0v) is 8.53. The molecule has 0 fully saturated rings. The predicted octanol–water partition coefficient (Wildman–Crippen LogP) is 2.44. The van der Waals surface area contributed by atoms with Crippen LogP contribution in [0.1, 0.15) is 15.9 Å². The molecule has 0 aromatic heterocycles. The van der Waals surface area contributed by atoms with Gasteiger partial charge in [-0.2, -0.15) is 0 Å². The van der Waals surface area contributed by atoms with Crippen molar-refractivity contribution in [3.8, 4) is 0 Å². The quantitative estimate of drug-likeness (QED) is 0.530. The Kier molecular flexibility index (Phi) is 2.26. The van der Waals surface area contributed by atoms with E-state index in [1.54, 1.807) is 0 Å². The van der Waals surface area contributed by atoms with Crippen LogP contribution in [0, 0.1) is 11.6 Å². The van der Waals surface area contributed by atoms with Gasteiger partial charge in [-0.1, -0.05) is 0 Å². The number of fused-ring (bicyclic) bond motifs is 1. The number of carbonyl (C=O) groups is 1. The molecule has 0 saturated carbocycles. The molecule has 0 atom stereocenters. The van der Waals surface area contributed by atoms with E-state index in [0.29, 0.717) is 0 Å². The highest BCUT2D eigenvalue weighted by Gasteiger charge is 2.26. The lowest BCUT2D eigenvalue weighted by molar-refractivity contribution is 0.0475. The summed E-state index contributed by atoms with van der Waals surface area (Å²) < 4.78 is 31.1. The SMILES string of the molecule is O=C1OCCc2c(F)c(F)cc(Br)c21. The van der Waals surface area contributed by atoms with Gasteiger partial charge in [-0.05, 0) is 22.0 Å². The lowest BCUT2D eigenvalue weighted by Gasteiger charge is -2.17. The Morgan fingerprint density at radius 3 is 2.86 bits per heavy atom. The number of benzene rings is 1. The van der Waals surface area contributed by atoms with Gasteiger partial charge >= 0.3 is 5.97 Å². The smallest absolute Gasteiger partial charge is 0.339 e. The Balaban J connectivity index is 2.72. The van der Waals surface area contributed by atoms with Crippen molar-refractivity contribution in [3.63, 3.8) is 0 Å². The molecule has 1 aromatic carbocycles. The van der Waals surface area contributed by atoms with Gasteiger partial charge < -0.3 is 4.74 Å². The molecule has 74 valence electrons. The van der Waals surface area contributed by atoms with E-state index >= 15 is 0 Å². The minimum absolute atomic E-state index is 0.0909. The van der Waals surface area contributed by atoms with Crippen molar-refractivity contribution in [3.05, 3.63) is 33.3 Å². The molecular formula is C9H5BrF2O2. The maximum absolute atomic E-state index is 13.2. The number of hydrogen-bond donors (Lipinski definition) is 0. The number of halogens is 3. The van der Waals surface area contributed by atoms with E-state index in [-0.39, 0.29) is 28.6 Å². The van der Waals surface area contributed by atoms with E-state index in [1.165, 1.54) is 0 Å².